The van der Waals surface area contributed by atoms with Crippen LogP contribution in [0.25, 0.3) is 0 Å². The molecule has 0 bridgehead atoms. The molecule has 0 radical (unpaired) electrons. The summed E-state index contributed by atoms with van der Waals surface area (Å²) in [7, 11) is 6.26. The SMILES string of the molecule is CCNC(=NCc1ncnn1C)NCC(C1CCCCC1)N(C)C.I. The fraction of sp³-hybridized carbons (Fsp3) is 0.824. The molecule has 25 heavy (non-hydrogen) atoms. The van der Waals surface area contributed by atoms with Crippen LogP contribution in [0.3, 0.4) is 0 Å². The van der Waals surface area contributed by atoms with Crippen molar-refractivity contribution in [3.63, 3.8) is 0 Å². The van der Waals surface area contributed by atoms with E-state index in [1.54, 1.807) is 11.0 Å². The van der Waals surface area contributed by atoms with Gasteiger partial charge in [-0.25, -0.2) is 9.98 Å². The van der Waals surface area contributed by atoms with Crippen LogP contribution in [0.5, 0.6) is 0 Å². The molecule has 1 fully saturated rings. The van der Waals surface area contributed by atoms with E-state index in [2.05, 4.69) is 51.6 Å². The number of hydrogen-bond donors (Lipinski definition) is 2. The first kappa shape index (κ1) is 22.1. The zero-order valence-electron chi connectivity index (χ0n) is 16.0. The van der Waals surface area contributed by atoms with Gasteiger partial charge >= 0.3 is 0 Å². The highest BCUT2D eigenvalue weighted by Gasteiger charge is 2.25. The van der Waals surface area contributed by atoms with Gasteiger partial charge in [0.1, 0.15) is 18.7 Å². The predicted octanol–water partition coefficient (Wildman–Crippen LogP) is 2.00. The molecule has 0 saturated heterocycles. The van der Waals surface area contributed by atoms with Gasteiger partial charge in [0.2, 0.25) is 0 Å². The largest absolute Gasteiger partial charge is 0.357 e. The van der Waals surface area contributed by atoms with E-state index in [1.807, 2.05) is 7.05 Å². The Morgan fingerprint density at radius 1 is 1.32 bits per heavy atom. The Bertz CT molecular complexity index is 509. The van der Waals surface area contributed by atoms with Crippen LogP contribution in [0.15, 0.2) is 11.3 Å². The summed E-state index contributed by atoms with van der Waals surface area (Å²) in [6, 6.07) is 0.545. The molecule has 1 heterocycles. The zero-order chi connectivity index (χ0) is 17.4. The van der Waals surface area contributed by atoms with E-state index in [-0.39, 0.29) is 24.0 Å². The second-order valence-electron chi connectivity index (χ2n) is 6.80. The summed E-state index contributed by atoms with van der Waals surface area (Å²) >= 11 is 0. The highest BCUT2D eigenvalue weighted by Crippen LogP contribution is 2.27. The van der Waals surface area contributed by atoms with Crippen molar-refractivity contribution in [2.24, 2.45) is 18.0 Å². The third-order valence-electron chi connectivity index (χ3n) is 4.86. The lowest BCUT2D eigenvalue weighted by molar-refractivity contribution is 0.171. The maximum absolute atomic E-state index is 4.65. The van der Waals surface area contributed by atoms with E-state index in [0.29, 0.717) is 12.6 Å². The van der Waals surface area contributed by atoms with Gasteiger partial charge in [-0.3, -0.25) is 4.68 Å². The third kappa shape index (κ3) is 7.08. The van der Waals surface area contributed by atoms with Crippen molar-refractivity contribution in [2.45, 2.75) is 51.6 Å². The summed E-state index contributed by atoms with van der Waals surface area (Å²) in [5.74, 6) is 2.50. The molecule has 1 aromatic heterocycles. The number of rotatable bonds is 7. The lowest BCUT2D eigenvalue weighted by Gasteiger charge is -2.35. The fourth-order valence-corrected chi connectivity index (χ4v) is 3.45. The summed E-state index contributed by atoms with van der Waals surface area (Å²) < 4.78 is 1.76. The van der Waals surface area contributed by atoms with Gasteiger partial charge in [0.25, 0.3) is 0 Å². The van der Waals surface area contributed by atoms with Crippen molar-refractivity contribution in [3.8, 4) is 0 Å². The van der Waals surface area contributed by atoms with Crippen LogP contribution in [0.2, 0.25) is 0 Å². The first-order chi connectivity index (χ1) is 11.6. The Balaban J connectivity index is 0.00000312. The summed E-state index contributed by atoms with van der Waals surface area (Å²) in [6.07, 6.45) is 8.39. The molecule has 2 N–H and O–H groups in total. The molecular formula is C17H34IN7. The number of aryl methyl sites for hydroxylation is 1. The number of guanidine groups is 1. The van der Waals surface area contributed by atoms with Crippen molar-refractivity contribution in [1.82, 2.24) is 30.3 Å². The van der Waals surface area contributed by atoms with Gasteiger partial charge in [-0.1, -0.05) is 19.3 Å². The van der Waals surface area contributed by atoms with Crippen LogP contribution in [-0.2, 0) is 13.6 Å². The zero-order valence-corrected chi connectivity index (χ0v) is 18.4. The second-order valence-corrected chi connectivity index (χ2v) is 6.80. The van der Waals surface area contributed by atoms with E-state index < -0.39 is 0 Å². The molecule has 0 amide bonds. The number of hydrogen-bond acceptors (Lipinski definition) is 4. The summed E-state index contributed by atoms with van der Waals surface area (Å²) in [5, 5.41) is 10.9. The topological polar surface area (TPSA) is 70.4 Å². The first-order valence-corrected chi connectivity index (χ1v) is 9.13. The number of halogens is 1. The van der Waals surface area contributed by atoms with E-state index in [4.69, 9.17) is 0 Å². The Hall–Kier alpha value is -0.900. The van der Waals surface area contributed by atoms with E-state index in [1.165, 1.54) is 32.1 Å². The number of aromatic nitrogens is 3. The molecular weight excluding hydrogens is 429 g/mol. The molecule has 144 valence electrons. The van der Waals surface area contributed by atoms with Crippen molar-refractivity contribution in [2.75, 3.05) is 27.2 Å². The predicted molar refractivity (Wildman–Crippen MR) is 113 cm³/mol. The molecule has 0 aromatic carbocycles. The Morgan fingerprint density at radius 2 is 2.04 bits per heavy atom. The second kappa shape index (κ2) is 11.7. The lowest BCUT2D eigenvalue weighted by Crippen LogP contribution is -2.48. The average Bonchev–Trinajstić information content (AvgIpc) is 2.98. The highest BCUT2D eigenvalue weighted by atomic mass is 127. The van der Waals surface area contributed by atoms with Gasteiger partial charge < -0.3 is 15.5 Å². The van der Waals surface area contributed by atoms with Crippen LogP contribution in [0, 0.1) is 5.92 Å². The minimum Gasteiger partial charge on any atom is -0.357 e. The van der Waals surface area contributed by atoms with E-state index in [9.17, 15) is 0 Å². The molecule has 0 aliphatic heterocycles. The standard InChI is InChI=1S/C17H33N7.HI/c1-5-18-17(20-12-16-21-13-22-24(16)4)19-11-15(23(2)3)14-9-7-6-8-10-14;/h13-15H,5-12H2,1-4H3,(H2,18,19,20);1H. The van der Waals surface area contributed by atoms with Crippen LogP contribution >= 0.6 is 24.0 Å². The molecule has 1 unspecified atom stereocenters. The minimum atomic E-state index is 0. The van der Waals surface area contributed by atoms with Crippen molar-refractivity contribution in [3.05, 3.63) is 12.2 Å². The minimum absolute atomic E-state index is 0. The van der Waals surface area contributed by atoms with E-state index in [0.717, 1.165) is 30.8 Å². The Morgan fingerprint density at radius 3 is 2.60 bits per heavy atom. The number of nitrogens with zero attached hydrogens (tertiary/aromatic N) is 5. The number of likely N-dealkylation sites (N-methyl/N-ethyl adjacent to an activating group) is 1. The maximum Gasteiger partial charge on any atom is 0.191 e. The van der Waals surface area contributed by atoms with Gasteiger partial charge in [0.15, 0.2) is 5.96 Å². The normalized spacial score (nSPS) is 17.2. The monoisotopic (exact) mass is 463 g/mol. The van der Waals surface area contributed by atoms with Crippen LogP contribution in [-0.4, -0.2) is 58.9 Å². The molecule has 8 heteroatoms. The summed E-state index contributed by atoms with van der Waals surface area (Å²) in [4.78, 5) is 11.2. The highest BCUT2D eigenvalue weighted by molar-refractivity contribution is 14.0. The smallest absolute Gasteiger partial charge is 0.191 e. The first-order valence-electron chi connectivity index (χ1n) is 9.13. The van der Waals surface area contributed by atoms with Crippen molar-refractivity contribution in [1.29, 1.82) is 0 Å². The molecule has 1 aliphatic carbocycles. The van der Waals surface area contributed by atoms with Crippen molar-refractivity contribution < 1.29 is 0 Å². The molecule has 0 spiro atoms. The summed E-state index contributed by atoms with van der Waals surface area (Å²) in [6.45, 7) is 4.38. The van der Waals surface area contributed by atoms with Crippen LogP contribution in [0.1, 0.15) is 44.9 Å². The molecule has 1 aliphatic rings. The number of nitrogens with one attached hydrogen (secondary N) is 2. The lowest BCUT2D eigenvalue weighted by atomic mass is 9.83. The van der Waals surface area contributed by atoms with Gasteiger partial charge in [0.05, 0.1) is 0 Å². The van der Waals surface area contributed by atoms with Gasteiger partial charge in [-0.15, -0.1) is 24.0 Å². The molecule has 7 nitrogen and oxygen atoms in total. The maximum atomic E-state index is 4.65. The third-order valence-corrected chi connectivity index (χ3v) is 4.86. The van der Waals surface area contributed by atoms with E-state index >= 15 is 0 Å². The Kier molecular flexibility index (Phi) is 10.3. The Labute approximate surface area is 169 Å². The quantitative estimate of drug-likeness (QED) is 0.368. The average molecular weight is 463 g/mol. The van der Waals surface area contributed by atoms with Crippen LogP contribution in [0.4, 0.5) is 0 Å². The molecule has 1 aromatic rings. The van der Waals surface area contributed by atoms with Gasteiger partial charge in [-0.2, -0.15) is 5.10 Å². The fourth-order valence-electron chi connectivity index (χ4n) is 3.45. The van der Waals surface area contributed by atoms with Gasteiger partial charge in [-0.05, 0) is 39.8 Å². The van der Waals surface area contributed by atoms with Crippen LogP contribution < -0.4 is 10.6 Å². The molecule has 2 rings (SSSR count). The van der Waals surface area contributed by atoms with Crippen molar-refractivity contribution >= 4 is 29.9 Å². The number of aliphatic imine (C=N–C) groups is 1. The summed E-state index contributed by atoms with van der Waals surface area (Å²) in [5.41, 5.74) is 0. The van der Waals surface area contributed by atoms with Gasteiger partial charge in [0, 0.05) is 26.2 Å². The molecule has 1 atom stereocenters. The molecule has 1 saturated carbocycles.